The fourth-order valence-electron chi connectivity index (χ4n) is 2.15. The predicted octanol–water partition coefficient (Wildman–Crippen LogP) is 4.19. The molecule has 27 heavy (non-hydrogen) atoms. The van der Waals surface area contributed by atoms with Gasteiger partial charge in [-0.2, -0.15) is 0 Å². The van der Waals surface area contributed by atoms with Gasteiger partial charge in [0.25, 0.3) is 0 Å². The fourth-order valence-corrected chi connectivity index (χ4v) is 2.36. The summed E-state index contributed by atoms with van der Waals surface area (Å²) in [5.41, 5.74) is 0.499. The van der Waals surface area contributed by atoms with Crippen molar-refractivity contribution in [3.63, 3.8) is 0 Å². The summed E-state index contributed by atoms with van der Waals surface area (Å²) in [5.74, 6) is -0.939. The second kappa shape index (κ2) is 7.80. The topological polar surface area (TPSA) is 93.1 Å². The summed E-state index contributed by atoms with van der Waals surface area (Å²) in [6.45, 7) is 0. The third kappa shape index (κ3) is 4.56. The molecule has 0 saturated heterocycles. The van der Waals surface area contributed by atoms with E-state index >= 15 is 0 Å². The van der Waals surface area contributed by atoms with Crippen LogP contribution in [-0.4, -0.2) is 22.2 Å². The molecule has 3 aromatic rings. The van der Waals surface area contributed by atoms with Crippen LogP contribution in [0.3, 0.4) is 0 Å². The zero-order valence-corrected chi connectivity index (χ0v) is 14.5. The Labute approximate surface area is 159 Å². The van der Waals surface area contributed by atoms with Gasteiger partial charge in [-0.25, -0.2) is 9.59 Å². The van der Waals surface area contributed by atoms with Crippen LogP contribution in [0, 0.1) is 0 Å². The van der Waals surface area contributed by atoms with E-state index in [2.05, 4.69) is 0 Å². The summed E-state index contributed by atoms with van der Waals surface area (Å²) < 4.78 is 10.4. The van der Waals surface area contributed by atoms with Crippen LogP contribution in [0.5, 0.6) is 23.0 Å². The number of phenols is 2. The molecule has 0 aliphatic heterocycles. The third-order valence-electron chi connectivity index (χ3n) is 3.52. The van der Waals surface area contributed by atoms with Gasteiger partial charge in [0.15, 0.2) is 0 Å². The molecule has 0 aliphatic carbocycles. The Kier molecular flexibility index (Phi) is 5.28. The third-order valence-corrected chi connectivity index (χ3v) is 3.82. The number of carbonyl (C=O) groups excluding carboxylic acids is 2. The Bertz CT molecular complexity index is 980. The van der Waals surface area contributed by atoms with Crippen molar-refractivity contribution in [2.75, 3.05) is 0 Å². The van der Waals surface area contributed by atoms with Gasteiger partial charge in [0.1, 0.15) is 23.0 Å². The molecule has 7 heteroatoms. The molecule has 0 spiro atoms. The molecule has 0 unspecified atom stereocenters. The second-order valence-electron chi connectivity index (χ2n) is 5.47. The quantitative estimate of drug-likeness (QED) is 0.517. The van der Waals surface area contributed by atoms with Crippen molar-refractivity contribution in [1.82, 2.24) is 0 Å². The van der Waals surface area contributed by atoms with Crippen LogP contribution >= 0.6 is 11.6 Å². The summed E-state index contributed by atoms with van der Waals surface area (Å²) in [7, 11) is 0. The maximum absolute atomic E-state index is 12.1. The first-order chi connectivity index (χ1) is 12.9. The SMILES string of the molecule is O=C(Oc1ccc(OC(=O)c2ccc(O)cc2)c(Cl)c1)c1ccc(O)cc1. The first-order valence-electron chi connectivity index (χ1n) is 7.74. The van der Waals surface area contributed by atoms with Crippen molar-refractivity contribution in [3.05, 3.63) is 82.9 Å². The highest BCUT2D eigenvalue weighted by molar-refractivity contribution is 6.32. The van der Waals surface area contributed by atoms with Gasteiger partial charge in [-0.05, 0) is 60.7 Å². The van der Waals surface area contributed by atoms with Crippen LogP contribution in [0.4, 0.5) is 0 Å². The largest absolute Gasteiger partial charge is 0.508 e. The number of hydrogen-bond acceptors (Lipinski definition) is 6. The second-order valence-corrected chi connectivity index (χ2v) is 5.87. The van der Waals surface area contributed by atoms with Gasteiger partial charge in [-0.15, -0.1) is 0 Å². The molecule has 136 valence electrons. The number of ether oxygens (including phenoxy) is 2. The normalized spacial score (nSPS) is 10.3. The highest BCUT2D eigenvalue weighted by Crippen LogP contribution is 2.30. The average molecular weight is 385 g/mol. The Morgan fingerprint density at radius 2 is 1.19 bits per heavy atom. The van der Waals surface area contributed by atoms with Crippen LogP contribution in [0.25, 0.3) is 0 Å². The van der Waals surface area contributed by atoms with Crippen LogP contribution in [0.1, 0.15) is 20.7 Å². The molecule has 0 radical (unpaired) electrons. The maximum atomic E-state index is 12.1. The van der Waals surface area contributed by atoms with Crippen LogP contribution in [0.15, 0.2) is 66.7 Å². The Balaban J connectivity index is 1.69. The molecule has 6 nitrogen and oxygen atoms in total. The zero-order chi connectivity index (χ0) is 19.4. The molecular weight excluding hydrogens is 372 g/mol. The molecule has 0 fully saturated rings. The number of carbonyl (C=O) groups is 2. The van der Waals surface area contributed by atoms with Gasteiger partial charge in [0.2, 0.25) is 0 Å². The number of benzene rings is 3. The van der Waals surface area contributed by atoms with Gasteiger partial charge in [0.05, 0.1) is 16.1 Å². The maximum Gasteiger partial charge on any atom is 0.343 e. The predicted molar refractivity (Wildman–Crippen MR) is 97.6 cm³/mol. The number of esters is 2. The number of aromatic hydroxyl groups is 2. The molecule has 0 heterocycles. The average Bonchev–Trinajstić information content (AvgIpc) is 2.65. The minimum Gasteiger partial charge on any atom is -0.508 e. The van der Waals surface area contributed by atoms with Crippen molar-refractivity contribution in [2.24, 2.45) is 0 Å². The van der Waals surface area contributed by atoms with E-state index in [-0.39, 0.29) is 39.1 Å². The van der Waals surface area contributed by atoms with E-state index in [9.17, 15) is 19.8 Å². The van der Waals surface area contributed by atoms with E-state index in [4.69, 9.17) is 21.1 Å². The standard InChI is InChI=1S/C20H13ClO6/c21-17-11-16(26-19(24)12-1-5-14(22)6-2-12)9-10-18(17)27-20(25)13-3-7-15(23)8-4-13/h1-11,22-23H. The first kappa shape index (κ1) is 18.3. The van der Waals surface area contributed by atoms with E-state index in [1.807, 2.05) is 0 Å². The van der Waals surface area contributed by atoms with E-state index in [1.54, 1.807) is 0 Å². The van der Waals surface area contributed by atoms with Crippen molar-refractivity contribution in [2.45, 2.75) is 0 Å². The number of rotatable bonds is 4. The molecule has 0 bridgehead atoms. The van der Waals surface area contributed by atoms with Crippen LogP contribution in [-0.2, 0) is 0 Å². The smallest absolute Gasteiger partial charge is 0.343 e. The van der Waals surface area contributed by atoms with Gasteiger partial charge in [-0.3, -0.25) is 0 Å². The lowest BCUT2D eigenvalue weighted by atomic mass is 10.2. The fraction of sp³-hybridized carbons (Fsp3) is 0. The molecular formula is C20H13ClO6. The molecule has 0 saturated carbocycles. The highest BCUT2D eigenvalue weighted by atomic mass is 35.5. The van der Waals surface area contributed by atoms with Gasteiger partial charge in [0, 0.05) is 6.07 Å². The van der Waals surface area contributed by atoms with Crippen LogP contribution in [0.2, 0.25) is 5.02 Å². The van der Waals surface area contributed by atoms with Crippen molar-refractivity contribution in [3.8, 4) is 23.0 Å². The Morgan fingerprint density at radius 1 is 0.704 bits per heavy atom. The van der Waals surface area contributed by atoms with Gasteiger partial charge >= 0.3 is 11.9 Å². The van der Waals surface area contributed by atoms with Gasteiger partial charge in [-0.1, -0.05) is 11.6 Å². The Morgan fingerprint density at radius 3 is 1.67 bits per heavy atom. The lowest BCUT2D eigenvalue weighted by Crippen LogP contribution is -2.10. The summed E-state index contributed by atoms with van der Waals surface area (Å²) in [6.07, 6.45) is 0. The van der Waals surface area contributed by atoms with E-state index in [0.29, 0.717) is 0 Å². The molecule has 0 aliphatic rings. The van der Waals surface area contributed by atoms with E-state index in [1.165, 1.54) is 66.7 Å². The molecule has 3 aromatic carbocycles. The highest BCUT2D eigenvalue weighted by Gasteiger charge is 2.14. The van der Waals surface area contributed by atoms with Crippen LogP contribution < -0.4 is 9.47 Å². The summed E-state index contributed by atoms with van der Waals surface area (Å²) in [6, 6.07) is 15.3. The minimum atomic E-state index is -0.647. The molecule has 0 atom stereocenters. The minimum absolute atomic E-state index is 0.0318. The Hall–Kier alpha value is -3.51. The summed E-state index contributed by atoms with van der Waals surface area (Å²) in [4.78, 5) is 24.1. The number of hydrogen-bond donors (Lipinski definition) is 2. The molecule has 2 N–H and O–H groups in total. The number of phenolic OH excluding ortho intramolecular Hbond substituents is 2. The summed E-state index contributed by atoms with van der Waals surface area (Å²) in [5, 5.41) is 18.6. The lowest BCUT2D eigenvalue weighted by Gasteiger charge is -2.09. The van der Waals surface area contributed by atoms with Crippen molar-refractivity contribution in [1.29, 1.82) is 0 Å². The number of halogens is 1. The molecule has 0 aromatic heterocycles. The summed E-state index contributed by atoms with van der Waals surface area (Å²) >= 11 is 6.09. The van der Waals surface area contributed by atoms with Crippen molar-refractivity contribution >= 4 is 23.5 Å². The van der Waals surface area contributed by atoms with E-state index < -0.39 is 11.9 Å². The lowest BCUT2D eigenvalue weighted by molar-refractivity contribution is 0.0719. The van der Waals surface area contributed by atoms with Crippen molar-refractivity contribution < 1.29 is 29.3 Å². The molecule has 0 amide bonds. The van der Waals surface area contributed by atoms with E-state index in [0.717, 1.165) is 0 Å². The molecule has 3 rings (SSSR count). The monoisotopic (exact) mass is 384 g/mol. The first-order valence-corrected chi connectivity index (χ1v) is 8.12. The van der Waals surface area contributed by atoms with Gasteiger partial charge < -0.3 is 19.7 Å². The zero-order valence-electron chi connectivity index (χ0n) is 13.8.